The van der Waals surface area contributed by atoms with Gasteiger partial charge in [-0.05, 0) is 12.5 Å². The smallest absolute Gasteiger partial charge is 0.321 e. The van der Waals surface area contributed by atoms with Gasteiger partial charge in [0.15, 0.2) is 5.25 Å². The Morgan fingerprint density at radius 2 is 1.90 bits per heavy atom. The second-order valence-electron chi connectivity index (χ2n) is 4.54. The van der Waals surface area contributed by atoms with Crippen molar-refractivity contribution in [2.75, 3.05) is 6.54 Å². The zero-order chi connectivity index (χ0) is 14.8. The Balaban J connectivity index is 2.02. The van der Waals surface area contributed by atoms with Gasteiger partial charge in [-0.2, -0.15) is 0 Å². The summed E-state index contributed by atoms with van der Waals surface area (Å²) in [5.41, 5.74) is 1.87. The van der Waals surface area contributed by atoms with Crippen LogP contribution in [0.3, 0.4) is 0 Å². The van der Waals surface area contributed by atoms with E-state index in [0.29, 0.717) is 0 Å². The van der Waals surface area contributed by atoms with Crippen LogP contribution in [-0.4, -0.2) is 32.2 Å². The van der Waals surface area contributed by atoms with Gasteiger partial charge in [0.25, 0.3) is 0 Å². The highest BCUT2D eigenvalue weighted by Gasteiger charge is 2.36. The van der Waals surface area contributed by atoms with Crippen LogP contribution in [0, 0.1) is 6.92 Å². The zero-order valence-electron chi connectivity index (χ0n) is 10.8. The van der Waals surface area contributed by atoms with E-state index in [0.717, 1.165) is 11.1 Å². The third-order valence-electron chi connectivity index (χ3n) is 2.95. The van der Waals surface area contributed by atoms with Crippen LogP contribution >= 0.6 is 0 Å². The molecule has 108 valence electrons. The summed E-state index contributed by atoms with van der Waals surface area (Å²) < 4.78 is 26.4. The number of imide groups is 1. The number of rotatable bonds is 4. The number of benzene rings is 1. The van der Waals surface area contributed by atoms with Crippen molar-refractivity contribution >= 4 is 22.0 Å². The van der Waals surface area contributed by atoms with Gasteiger partial charge in [-0.1, -0.05) is 29.8 Å². The average Bonchev–Trinajstić information content (AvgIpc) is 2.37. The molecule has 1 aliphatic heterocycles. The minimum Gasteiger partial charge on any atom is -0.336 e. The number of urea groups is 1. The third kappa shape index (κ3) is 3.34. The zero-order valence-corrected chi connectivity index (χ0v) is 11.7. The van der Waals surface area contributed by atoms with E-state index in [-0.39, 0.29) is 13.1 Å². The first-order valence-corrected chi connectivity index (χ1v) is 7.56. The highest BCUT2D eigenvalue weighted by atomic mass is 32.2. The number of carbonyl (C=O) groups is 2. The molecule has 0 bridgehead atoms. The molecule has 1 aromatic rings. The Labute approximate surface area is 116 Å². The molecule has 1 fully saturated rings. The minimum atomic E-state index is -3.84. The fraction of sp³-hybridized carbons (Fsp3) is 0.333. The highest BCUT2D eigenvalue weighted by molar-refractivity contribution is 7.90. The Morgan fingerprint density at radius 1 is 1.25 bits per heavy atom. The monoisotopic (exact) mass is 297 g/mol. The molecule has 1 atom stereocenters. The van der Waals surface area contributed by atoms with Crippen LogP contribution in [0.2, 0.25) is 0 Å². The van der Waals surface area contributed by atoms with Gasteiger partial charge < -0.3 is 5.32 Å². The SMILES string of the molecule is Cc1ccc(CNS(=O)(=O)C2CNC(=O)NC2=O)cc1. The first-order valence-electron chi connectivity index (χ1n) is 6.01. The molecule has 0 saturated carbocycles. The number of nitrogens with one attached hydrogen (secondary N) is 3. The van der Waals surface area contributed by atoms with Crippen molar-refractivity contribution in [1.29, 1.82) is 0 Å². The largest absolute Gasteiger partial charge is 0.336 e. The quantitative estimate of drug-likeness (QED) is 0.704. The van der Waals surface area contributed by atoms with Crippen molar-refractivity contribution in [2.45, 2.75) is 18.7 Å². The fourth-order valence-electron chi connectivity index (χ4n) is 1.76. The van der Waals surface area contributed by atoms with Crippen LogP contribution in [0.25, 0.3) is 0 Å². The molecule has 0 radical (unpaired) electrons. The standard InChI is InChI=1S/C12H15N3O4S/c1-8-2-4-9(5-3-8)6-14-20(18,19)10-7-13-12(17)15-11(10)16/h2-5,10,14H,6-7H2,1H3,(H2,13,15,16,17). The van der Waals surface area contributed by atoms with Crippen molar-refractivity contribution < 1.29 is 18.0 Å². The summed E-state index contributed by atoms with van der Waals surface area (Å²) in [6.45, 7) is 1.80. The summed E-state index contributed by atoms with van der Waals surface area (Å²) in [6, 6.07) is 6.68. The van der Waals surface area contributed by atoms with Gasteiger partial charge in [0.05, 0.1) is 0 Å². The number of amides is 3. The lowest BCUT2D eigenvalue weighted by atomic mass is 10.2. The molecule has 1 unspecified atom stereocenters. The van der Waals surface area contributed by atoms with Crippen molar-refractivity contribution in [2.24, 2.45) is 0 Å². The summed E-state index contributed by atoms with van der Waals surface area (Å²) in [5.74, 6) is -0.815. The molecule has 0 aromatic heterocycles. The van der Waals surface area contributed by atoms with E-state index in [1.165, 1.54) is 0 Å². The van der Waals surface area contributed by atoms with Crippen molar-refractivity contribution in [3.05, 3.63) is 35.4 Å². The van der Waals surface area contributed by atoms with E-state index in [9.17, 15) is 18.0 Å². The van der Waals surface area contributed by atoms with Gasteiger partial charge in [-0.15, -0.1) is 0 Å². The predicted molar refractivity (Wildman–Crippen MR) is 72.3 cm³/mol. The van der Waals surface area contributed by atoms with Crippen LogP contribution in [0.5, 0.6) is 0 Å². The molecule has 1 aromatic carbocycles. The topological polar surface area (TPSA) is 104 Å². The third-order valence-corrected chi connectivity index (χ3v) is 4.63. The second kappa shape index (κ2) is 5.59. The lowest BCUT2D eigenvalue weighted by Gasteiger charge is -2.22. The highest BCUT2D eigenvalue weighted by Crippen LogP contribution is 2.06. The molecule has 8 heteroatoms. The van der Waals surface area contributed by atoms with Crippen LogP contribution in [-0.2, 0) is 21.4 Å². The molecule has 7 nitrogen and oxygen atoms in total. The molecule has 1 aliphatic rings. The molecule has 3 N–H and O–H groups in total. The average molecular weight is 297 g/mol. The molecule has 2 rings (SSSR count). The number of aryl methyl sites for hydroxylation is 1. The van der Waals surface area contributed by atoms with E-state index in [2.05, 4.69) is 10.0 Å². The second-order valence-corrected chi connectivity index (χ2v) is 6.49. The minimum absolute atomic E-state index is 0.0976. The van der Waals surface area contributed by atoms with Crippen LogP contribution in [0.15, 0.2) is 24.3 Å². The lowest BCUT2D eigenvalue weighted by molar-refractivity contribution is -0.120. The van der Waals surface area contributed by atoms with E-state index in [1.54, 1.807) is 12.1 Å². The summed E-state index contributed by atoms with van der Waals surface area (Å²) in [6.07, 6.45) is 0. The molecule has 1 saturated heterocycles. The first-order chi connectivity index (χ1) is 9.38. The van der Waals surface area contributed by atoms with Gasteiger partial charge in [0.2, 0.25) is 15.9 Å². The van der Waals surface area contributed by atoms with Crippen molar-refractivity contribution in [1.82, 2.24) is 15.4 Å². The molecule has 20 heavy (non-hydrogen) atoms. The Bertz CT molecular complexity index is 625. The Morgan fingerprint density at radius 3 is 2.50 bits per heavy atom. The maximum absolute atomic E-state index is 12.0. The van der Waals surface area contributed by atoms with Gasteiger partial charge in [-0.25, -0.2) is 17.9 Å². The van der Waals surface area contributed by atoms with E-state index in [4.69, 9.17) is 0 Å². The Hall–Kier alpha value is -1.93. The Kier molecular flexibility index (Phi) is 4.05. The van der Waals surface area contributed by atoms with Gasteiger partial charge in [0, 0.05) is 13.1 Å². The summed E-state index contributed by atoms with van der Waals surface area (Å²) in [4.78, 5) is 22.4. The van der Waals surface area contributed by atoms with Gasteiger partial charge in [0.1, 0.15) is 0 Å². The number of hydrogen-bond acceptors (Lipinski definition) is 4. The molecule has 0 spiro atoms. The molecular weight excluding hydrogens is 282 g/mol. The van der Waals surface area contributed by atoms with Crippen molar-refractivity contribution in [3.63, 3.8) is 0 Å². The summed E-state index contributed by atoms with van der Waals surface area (Å²) in [5, 5.41) is 2.90. The normalized spacial score (nSPS) is 19.4. The first kappa shape index (κ1) is 14.5. The number of sulfonamides is 1. The van der Waals surface area contributed by atoms with Crippen molar-refractivity contribution in [3.8, 4) is 0 Å². The van der Waals surface area contributed by atoms with Gasteiger partial charge >= 0.3 is 6.03 Å². The van der Waals surface area contributed by atoms with E-state index in [1.807, 2.05) is 24.4 Å². The number of carbonyl (C=O) groups excluding carboxylic acids is 2. The predicted octanol–water partition coefficient (Wildman–Crippen LogP) is -0.378. The summed E-state index contributed by atoms with van der Waals surface area (Å²) in [7, 11) is -3.84. The van der Waals surface area contributed by atoms with Crippen LogP contribution in [0.1, 0.15) is 11.1 Å². The summed E-state index contributed by atoms with van der Waals surface area (Å²) >= 11 is 0. The maximum atomic E-state index is 12.0. The van der Waals surface area contributed by atoms with Crippen LogP contribution in [0.4, 0.5) is 4.79 Å². The molecule has 3 amide bonds. The lowest BCUT2D eigenvalue weighted by Crippen LogP contribution is -2.59. The number of hydrogen-bond donors (Lipinski definition) is 3. The molecule has 0 aliphatic carbocycles. The molecular formula is C12H15N3O4S. The maximum Gasteiger partial charge on any atom is 0.321 e. The van der Waals surface area contributed by atoms with E-state index >= 15 is 0 Å². The van der Waals surface area contributed by atoms with Gasteiger partial charge in [-0.3, -0.25) is 10.1 Å². The van der Waals surface area contributed by atoms with Crippen LogP contribution < -0.4 is 15.4 Å². The molecule has 1 heterocycles. The van der Waals surface area contributed by atoms with E-state index < -0.39 is 27.2 Å². The fourth-order valence-corrected chi connectivity index (χ4v) is 2.97.